The van der Waals surface area contributed by atoms with Gasteiger partial charge in [-0.3, -0.25) is 14.9 Å². The first kappa shape index (κ1) is 17.2. The molecular formula is C17H22N4O4. The van der Waals surface area contributed by atoms with Gasteiger partial charge >= 0.3 is 0 Å². The van der Waals surface area contributed by atoms with Crippen LogP contribution in [0.1, 0.15) is 13.3 Å². The number of morpholine rings is 1. The lowest BCUT2D eigenvalue weighted by molar-refractivity contribution is -0.125. The van der Waals surface area contributed by atoms with Crippen LogP contribution in [0.3, 0.4) is 0 Å². The van der Waals surface area contributed by atoms with Gasteiger partial charge in [-0.2, -0.15) is 0 Å². The Bertz CT molecular complexity index is 653. The second kappa shape index (κ2) is 7.98. The number of ether oxygens (including phenoxy) is 2. The number of aliphatic imine (C=N–C) groups is 1. The molecule has 0 bridgehead atoms. The molecule has 8 heteroatoms. The Morgan fingerprint density at radius 2 is 2.08 bits per heavy atom. The van der Waals surface area contributed by atoms with Gasteiger partial charge in [-0.15, -0.1) is 0 Å². The maximum atomic E-state index is 12.5. The molecule has 0 aliphatic carbocycles. The number of hydrogen-bond acceptors (Lipinski definition) is 6. The van der Waals surface area contributed by atoms with Crippen LogP contribution in [0, 0.1) is 0 Å². The standard InChI is InChI=1S/C17H22N4O4/c1-2-25-13-5-3-12(4-6-13)18-16(23)14-11-15(22)20-17(19-14)21-7-9-24-10-8-21/h3-6,14H,2,7-11H2,1H3,(H,18,23)(H,19,20,22)/t14-/m0/s1. The smallest absolute Gasteiger partial charge is 0.249 e. The fraction of sp³-hybridized carbons (Fsp3) is 0.471. The minimum absolute atomic E-state index is 0.0384. The summed E-state index contributed by atoms with van der Waals surface area (Å²) in [5.41, 5.74) is 0.641. The maximum Gasteiger partial charge on any atom is 0.249 e. The lowest BCUT2D eigenvalue weighted by Gasteiger charge is -2.32. The van der Waals surface area contributed by atoms with Gasteiger partial charge in [0.05, 0.1) is 26.2 Å². The van der Waals surface area contributed by atoms with E-state index in [0.717, 1.165) is 5.75 Å². The Kier molecular flexibility index (Phi) is 5.49. The molecule has 25 heavy (non-hydrogen) atoms. The third kappa shape index (κ3) is 4.48. The molecule has 2 aliphatic heterocycles. The van der Waals surface area contributed by atoms with Crippen LogP contribution >= 0.6 is 0 Å². The molecule has 2 N–H and O–H groups in total. The minimum atomic E-state index is -0.738. The summed E-state index contributed by atoms with van der Waals surface area (Å²) in [5, 5.41) is 5.54. The van der Waals surface area contributed by atoms with Crippen molar-refractivity contribution in [2.45, 2.75) is 19.4 Å². The second-order valence-electron chi connectivity index (χ2n) is 5.77. The first-order chi connectivity index (χ1) is 12.2. The molecule has 1 fully saturated rings. The fourth-order valence-corrected chi connectivity index (χ4v) is 2.69. The van der Waals surface area contributed by atoms with Crippen LogP contribution in [0.5, 0.6) is 5.75 Å². The van der Waals surface area contributed by atoms with E-state index in [2.05, 4.69) is 15.6 Å². The van der Waals surface area contributed by atoms with Gasteiger partial charge in [0, 0.05) is 18.8 Å². The molecule has 1 aromatic carbocycles. The Morgan fingerprint density at radius 3 is 2.76 bits per heavy atom. The van der Waals surface area contributed by atoms with Gasteiger partial charge in [0.25, 0.3) is 0 Å². The van der Waals surface area contributed by atoms with E-state index in [-0.39, 0.29) is 18.2 Å². The van der Waals surface area contributed by atoms with Crippen molar-refractivity contribution >= 4 is 23.5 Å². The number of benzene rings is 1. The van der Waals surface area contributed by atoms with Gasteiger partial charge in [0.2, 0.25) is 17.8 Å². The predicted molar refractivity (Wildman–Crippen MR) is 92.6 cm³/mol. The average Bonchev–Trinajstić information content (AvgIpc) is 2.64. The summed E-state index contributed by atoms with van der Waals surface area (Å²) in [7, 11) is 0. The van der Waals surface area contributed by atoms with Crippen molar-refractivity contribution in [1.29, 1.82) is 0 Å². The van der Waals surface area contributed by atoms with Gasteiger partial charge in [0.1, 0.15) is 11.8 Å². The zero-order valence-electron chi connectivity index (χ0n) is 14.2. The Hall–Kier alpha value is -2.61. The third-order valence-electron chi connectivity index (χ3n) is 3.95. The monoisotopic (exact) mass is 346 g/mol. The fourth-order valence-electron chi connectivity index (χ4n) is 2.69. The summed E-state index contributed by atoms with van der Waals surface area (Å²) < 4.78 is 10.7. The summed E-state index contributed by atoms with van der Waals surface area (Å²) in [4.78, 5) is 30.8. The molecule has 1 atom stereocenters. The van der Waals surface area contributed by atoms with E-state index in [1.54, 1.807) is 24.3 Å². The van der Waals surface area contributed by atoms with Crippen LogP contribution in [0.15, 0.2) is 29.3 Å². The highest BCUT2D eigenvalue weighted by atomic mass is 16.5. The van der Waals surface area contributed by atoms with Crippen LogP contribution in [-0.4, -0.2) is 61.6 Å². The van der Waals surface area contributed by atoms with Gasteiger partial charge in [-0.05, 0) is 31.2 Å². The van der Waals surface area contributed by atoms with E-state index in [1.807, 2.05) is 11.8 Å². The summed E-state index contributed by atoms with van der Waals surface area (Å²) in [6.45, 7) is 4.95. The van der Waals surface area contributed by atoms with E-state index in [4.69, 9.17) is 9.47 Å². The van der Waals surface area contributed by atoms with E-state index >= 15 is 0 Å². The Labute approximate surface area is 146 Å². The molecule has 1 saturated heterocycles. The summed E-state index contributed by atoms with van der Waals surface area (Å²) in [6, 6.07) is 6.36. The number of carbonyl (C=O) groups is 2. The molecule has 0 radical (unpaired) electrons. The van der Waals surface area contributed by atoms with Crippen molar-refractivity contribution in [1.82, 2.24) is 10.2 Å². The van der Waals surface area contributed by atoms with Crippen LogP contribution in [0.4, 0.5) is 5.69 Å². The van der Waals surface area contributed by atoms with Crippen molar-refractivity contribution in [3.8, 4) is 5.75 Å². The maximum absolute atomic E-state index is 12.5. The van der Waals surface area contributed by atoms with Crippen LogP contribution in [0.2, 0.25) is 0 Å². The van der Waals surface area contributed by atoms with Crippen molar-refractivity contribution < 1.29 is 19.1 Å². The summed E-state index contributed by atoms with van der Waals surface area (Å²) in [6.07, 6.45) is 0.0384. The number of carbonyl (C=O) groups excluding carboxylic acids is 2. The number of rotatable bonds is 4. The molecule has 134 valence electrons. The van der Waals surface area contributed by atoms with Crippen LogP contribution in [-0.2, 0) is 14.3 Å². The molecule has 2 heterocycles. The SMILES string of the molecule is CCOc1ccc(NC(=O)[C@@H]2CC(=O)NC(N3CCOCC3)=N2)cc1. The summed E-state index contributed by atoms with van der Waals surface area (Å²) in [5.74, 6) is 0.685. The van der Waals surface area contributed by atoms with Crippen LogP contribution < -0.4 is 15.4 Å². The first-order valence-corrected chi connectivity index (χ1v) is 8.40. The van der Waals surface area contributed by atoms with Crippen molar-refractivity contribution in [3.05, 3.63) is 24.3 Å². The van der Waals surface area contributed by atoms with Gasteiger partial charge in [-0.25, -0.2) is 4.99 Å². The van der Waals surface area contributed by atoms with E-state index in [0.29, 0.717) is 44.6 Å². The van der Waals surface area contributed by atoms with Crippen molar-refractivity contribution in [3.63, 3.8) is 0 Å². The number of amides is 2. The molecule has 2 amide bonds. The highest BCUT2D eigenvalue weighted by molar-refractivity contribution is 6.05. The number of anilines is 1. The molecule has 3 rings (SSSR count). The number of hydrogen-bond donors (Lipinski definition) is 2. The van der Waals surface area contributed by atoms with Gasteiger partial charge < -0.3 is 19.7 Å². The molecule has 0 spiro atoms. The zero-order chi connectivity index (χ0) is 17.6. The molecule has 0 aromatic heterocycles. The highest BCUT2D eigenvalue weighted by Gasteiger charge is 2.29. The Balaban J connectivity index is 1.66. The first-order valence-electron chi connectivity index (χ1n) is 8.40. The van der Waals surface area contributed by atoms with Gasteiger partial charge in [0.15, 0.2) is 0 Å². The molecule has 0 saturated carbocycles. The lowest BCUT2D eigenvalue weighted by Crippen LogP contribution is -2.53. The zero-order valence-corrected chi connectivity index (χ0v) is 14.2. The van der Waals surface area contributed by atoms with Crippen LogP contribution in [0.25, 0.3) is 0 Å². The van der Waals surface area contributed by atoms with E-state index < -0.39 is 6.04 Å². The quantitative estimate of drug-likeness (QED) is 0.833. The normalized spacial score (nSPS) is 20.5. The predicted octanol–water partition coefficient (Wildman–Crippen LogP) is 0.601. The number of guanidine groups is 1. The Morgan fingerprint density at radius 1 is 1.36 bits per heavy atom. The van der Waals surface area contributed by atoms with Crippen molar-refractivity contribution in [2.75, 3.05) is 38.2 Å². The largest absolute Gasteiger partial charge is 0.494 e. The van der Waals surface area contributed by atoms with E-state index in [9.17, 15) is 9.59 Å². The molecule has 2 aliphatic rings. The van der Waals surface area contributed by atoms with E-state index in [1.165, 1.54) is 0 Å². The molecular weight excluding hydrogens is 324 g/mol. The minimum Gasteiger partial charge on any atom is -0.494 e. The average molecular weight is 346 g/mol. The summed E-state index contributed by atoms with van der Waals surface area (Å²) >= 11 is 0. The lowest BCUT2D eigenvalue weighted by atomic mass is 10.1. The second-order valence-corrected chi connectivity index (χ2v) is 5.77. The highest BCUT2D eigenvalue weighted by Crippen LogP contribution is 2.17. The third-order valence-corrected chi connectivity index (χ3v) is 3.95. The number of nitrogens with zero attached hydrogens (tertiary/aromatic N) is 2. The van der Waals surface area contributed by atoms with Crippen molar-refractivity contribution in [2.24, 2.45) is 4.99 Å². The van der Waals surface area contributed by atoms with Gasteiger partial charge in [-0.1, -0.05) is 0 Å². The topological polar surface area (TPSA) is 92.3 Å². The number of nitrogens with one attached hydrogen (secondary N) is 2. The molecule has 1 aromatic rings. The molecule has 8 nitrogen and oxygen atoms in total. The molecule has 0 unspecified atom stereocenters.